The number of nitrogen functional groups attached to an aromatic ring is 1. The fourth-order valence-corrected chi connectivity index (χ4v) is 2.91. The molecule has 2 heterocycles. The van der Waals surface area contributed by atoms with Crippen LogP contribution in [-0.2, 0) is 11.2 Å². The average Bonchev–Trinajstić information content (AvgIpc) is 2.77. The highest BCUT2D eigenvalue weighted by Crippen LogP contribution is 2.37. The zero-order valence-corrected chi connectivity index (χ0v) is 11.2. The normalized spacial score (nSPS) is 21.4. The Balaban J connectivity index is 2.06. The van der Waals surface area contributed by atoms with Gasteiger partial charge in [-0.2, -0.15) is 4.98 Å². The fourth-order valence-electron chi connectivity index (χ4n) is 2.91. The lowest BCUT2D eigenvalue weighted by molar-refractivity contribution is -0.142. The van der Waals surface area contributed by atoms with Crippen LogP contribution in [-0.4, -0.2) is 25.8 Å². The Kier molecular flexibility index (Phi) is 2.93. The lowest BCUT2D eigenvalue weighted by Gasteiger charge is -2.29. The Bertz CT molecular complexity index is 665. The molecule has 0 saturated heterocycles. The molecule has 1 aromatic carbocycles. The molecule has 0 radical (unpaired) electrons. The number of carbonyl (C=O) groups is 1. The van der Waals surface area contributed by atoms with Crippen molar-refractivity contribution < 1.29 is 9.90 Å². The summed E-state index contributed by atoms with van der Waals surface area (Å²) in [5.41, 5.74) is 7.74. The fraction of sp³-hybridized carbons (Fsp3) is 0.357. The number of fused-ring (bicyclic) bond motifs is 1. The average molecular weight is 272 g/mol. The van der Waals surface area contributed by atoms with Crippen LogP contribution in [0.1, 0.15) is 35.3 Å². The van der Waals surface area contributed by atoms with Crippen molar-refractivity contribution in [3.05, 3.63) is 41.2 Å². The van der Waals surface area contributed by atoms with Crippen LogP contribution in [0.5, 0.6) is 0 Å². The number of nitrogens with two attached hydrogens (primary N) is 1. The largest absolute Gasteiger partial charge is 0.480 e. The van der Waals surface area contributed by atoms with Gasteiger partial charge in [-0.1, -0.05) is 29.8 Å². The van der Waals surface area contributed by atoms with Gasteiger partial charge in [0.1, 0.15) is 5.82 Å². The first-order chi connectivity index (χ1) is 9.56. The summed E-state index contributed by atoms with van der Waals surface area (Å²) in [4.78, 5) is 15.8. The number of carboxylic acids is 1. The number of hydrogen-bond donors (Lipinski definition) is 2. The van der Waals surface area contributed by atoms with E-state index in [1.54, 1.807) is 0 Å². The minimum absolute atomic E-state index is 0.110. The SMILES string of the molecule is Cc1cccc(C2CCc3nc(N)nn3C2C(=O)O)c1. The molecule has 2 unspecified atom stereocenters. The lowest BCUT2D eigenvalue weighted by Crippen LogP contribution is -2.32. The lowest BCUT2D eigenvalue weighted by atomic mass is 9.84. The van der Waals surface area contributed by atoms with E-state index in [0.29, 0.717) is 12.2 Å². The second kappa shape index (κ2) is 4.63. The molecule has 0 fully saturated rings. The standard InChI is InChI=1S/C14H16N4O2/c1-8-3-2-4-9(7-8)10-5-6-11-16-14(15)17-18(11)12(10)13(19)20/h2-4,7,10,12H,5-6H2,1H3,(H2,15,17)(H,19,20). The molecular formula is C14H16N4O2. The summed E-state index contributed by atoms with van der Waals surface area (Å²) in [7, 11) is 0. The number of hydrogen-bond acceptors (Lipinski definition) is 4. The minimum Gasteiger partial charge on any atom is -0.480 e. The summed E-state index contributed by atoms with van der Waals surface area (Å²) in [6, 6.07) is 7.21. The first kappa shape index (κ1) is 12.7. The number of carboxylic acid groups (broad SMARTS) is 1. The van der Waals surface area contributed by atoms with Gasteiger partial charge in [0, 0.05) is 12.3 Å². The van der Waals surface area contributed by atoms with Crippen LogP contribution in [0.25, 0.3) is 0 Å². The molecule has 3 N–H and O–H groups in total. The van der Waals surface area contributed by atoms with Gasteiger partial charge in [-0.3, -0.25) is 0 Å². The van der Waals surface area contributed by atoms with E-state index in [0.717, 1.165) is 17.5 Å². The molecule has 1 aliphatic rings. The van der Waals surface area contributed by atoms with E-state index in [9.17, 15) is 9.90 Å². The summed E-state index contributed by atoms with van der Waals surface area (Å²) >= 11 is 0. The number of benzene rings is 1. The Morgan fingerprint density at radius 1 is 1.50 bits per heavy atom. The zero-order valence-electron chi connectivity index (χ0n) is 11.2. The van der Waals surface area contributed by atoms with Crippen molar-refractivity contribution in [2.24, 2.45) is 0 Å². The summed E-state index contributed by atoms with van der Waals surface area (Å²) in [5, 5.41) is 13.6. The molecule has 0 bridgehead atoms. The summed E-state index contributed by atoms with van der Waals surface area (Å²) < 4.78 is 1.47. The predicted molar refractivity (Wildman–Crippen MR) is 73.3 cm³/mol. The first-order valence-electron chi connectivity index (χ1n) is 6.56. The van der Waals surface area contributed by atoms with Crippen LogP contribution < -0.4 is 5.73 Å². The van der Waals surface area contributed by atoms with Crippen LogP contribution >= 0.6 is 0 Å². The van der Waals surface area contributed by atoms with Gasteiger partial charge in [0.2, 0.25) is 5.95 Å². The topological polar surface area (TPSA) is 94.0 Å². The second-order valence-electron chi connectivity index (χ2n) is 5.17. The Hall–Kier alpha value is -2.37. The monoisotopic (exact) mass is 272 g/mol. The van der Waals surface area contributed by atoms with Crippen LogP contribution in [0.4, 0.5) is 5.95 Å². The highest BCUT2D eigenvalue weighted by Gasteiger charge is 2.37. The van der Waals surface area contributed by atoms with Gasteiger partial charge in [-0.05, 0) is 18.9 Å². The second-order valence-corrected chi connectivity index (χ2v) is 5.17. The van der Waals surface area contributed by atoms with Gasteiger partial charge in [-0.15, -0.1) is 5.10 Å². The maximum absolute atomic E-state index is 11.7. The van der Waals surface area contributed by atoms with E-state index < -0.39 is 12.0 Å². The Morgan fingerprint density at radius 3 is 3.00 bits per heavy atom. The number of aliphatic carboxylic acids is 1. The van der Waals surface area contributed by atoms with Gasteiger partial charge in [-0.25, -0.2) is 9.48 Å². The molecule has 0 spiro atoms. The van der Waals surface area contributed by atoms with E-state index >= 15 is 0 Å². The minimum atomic E-state index is -0.901. The third kappa shape index (κ3) is 2.03. The molecule has 104 valence electrons. The number of aryl methyl sites for hydroxylation is 2. The number of rotatable bonds is 2. The van der Waals surface area contributed by atoms with Crippen LogP contribution in [0, 0.1) is 6.92 Å². The molecule has 3 rings (SSSR count). The number of anilines is 1. The summed E-state index contributed by atoms with van der Waals surface area (Å²) in [6.45, 7) is 2.00. The molecule has 2 atom stereocenters. The molecule has 2 aromatic rings. The van der Waals surface area contributed by atoms with Crippen molar-refractivity contribution in [3.8, 4) is 0 Å². The van der Waals surface area contributed by atoms with Crippen molar-refractivity contribution in [1.82, 2.24) is 14.8 Å². The van der Waals surface area contributed by atoms with E-state index in [4.69, 9.17) is 5.73 Å². The molecule has 20 heavy (non-hydrogen) atoms. The van der Waals surface area contributed by atoms with Crippen molar-refractivity contribution in [2.75, 3.05) is 5.73 Å². The van der Waals surface area contributed by atoms with Crippen molar-refractivity contribution in [1.29, 1.82) is 0 Å². The smallest absolute Gasteiger partial charge is 0.329 e. The Labute approximate surface area is 116 Å². The van der Waals surface area contributed by atoms with Crippen LogP contribution in [0.2, 0.25) is 0 Å². The van der Waals surface area contributed by atoms with E-state index in [1.807, 2.05) is 31.2 Å². The van der Waals surface area contributed by atoms with Crippen molar-refractivity contribution in [3.63, 3.8) is 0 Å². The van der Waals surface area contributed by atoms with Crippen molar-refractivity contribution >= 4 is 11.9 Å². The van der Waals surface area contributed by atoms with Gasteiger partial charge >= 0.3 is 5.97 Å². The first-order valence-corrected chi connectivity index (χ1v) is 6.56. The highest BCUT2D eigenvalue weighted by atomic mass is 16.4. The Morgan fingerprint density at radius 2 is 2.30 bits per heavy atom. The van der Waals surface area contributed by atoms with Crippen molar-refractivity contribution in [2.45, 2.75) is 31.7 Å². The maximum atomic E-state index is 11.7. The molecule has 0 saturated carbocycles. The molecule has 0 amide bonds. The molecule has 6 heteroatoms. The molecule has 1 aromatic heterocycles. The maximum Gasteiger partial charge on any atom is 0.329 e. The van der Waals surface area contributed by atoms with E-state index in [-0.39, 0.29) is 11.9 Å². The highest BCUT2D eigenvalue weighted by molar-refractivity contribution is 5.73. The van der Waals surface area contributed by atoms with Gasteiger partial charge in [0.15, 0.2) is 6.04 Å². The third-order valence-electron chi connectivity index (χ3n) is 3.77. The summed E-state index contributed by atoms with van der Waals surface area (Å²) in [6.07, 6.45) is 1.42. The summed E-state index contributed by atoms with van der Waals surface area (Å²) in [5.74, 6) is -0.224. The van der Waals surface area contributed by atoms with Gasteiger partial charge in [0.05, 0.1) is 0 Å². The van der Waals surface area contributed by atoms with Gasteiger partial charge < -0.3 is 10.8 Å². The zero-order chi connectivity index (χ0) is 14.3. The van der Waals surface area contributed by atoms with E-state index in [2.05, 4.69) is 10.1 Å². The van der Waals surface area contributed by atoms with Gasteiger partial charge in [0.25, 0.3) is 0 Å². The molecule has 6 nitrogen and oxygen atoms in total. The molecular weight excluding hydrogens is 256 g/mol. The van der Waals surface area contributed by atoms with Crippen LogP contribution in [0.15, 0.2) is 24.3 Å². The number of aromatic nitrogens is 3. The van der Waals surface area contributed by atoms with Crippen LogP contribution in [0.3, 0.4) is 0 Å². The quantitative estimate of drug-likeness (QED) is 0.864. The third-order valence-corrected chi connectivity index (χ3v) is 3.77. The number of nitrogens with zero attached hydrogens (tertiary/aromatic N) is 3. The molecule has 0 aliphatic carbocycles. The molecule has 1 aliphatic heterocycles. The van der Waals surface area contributed by atoms with E-state index in [1.165, 1.54) is 4.68 Å². The predicted octanol–water partition coefficient (Wildman–Crippen LogP) is 1.52.